The van der Waals surface area contributed by atoms with Crippen LogP contribution < -0.4 is 16.0 Å². The molecule has 3 N–H and O–H groups in total. The fourth-order valence-corrected chi connectivity index (χ4v) is 3.58. The van der Waals surface area contributed by atoms with Crippen LogP contribution >= 0.6 is 24.0 Å². The standard InChI is InChI=1S/C17H30F3N5O.HI/c1-21-16(24-14-8-10-25(11-14)12-17(18,19)20)22-9-7-15(26)23-13-5-3-2-4-6-13;/h13-14H,2-12H2,1H3,(H,23,26)(H2,21,22,24);1H. The van der Waals surface area contributed by atoms with E-state index >= 15 is 0 Å². The van der Waals surface area contributed by atoms with Crippen LogP contribution in [0, 0.1) is 0 Å². The van der Waals surface area contributed by atoms with Gasteiger partial charge in [0.25, 0.3) is 0 Å². The summed E-state index contributed by atoms with van der Waals surface area (Å²) in [5.41, 5.74) is 0. The molecule has 1 atom stereocenters. The normalized spacial score (nSPS) is 22.2. The van der Waals surface area contributed by atoms with Crippen LogP contribution in [0.15, 0.2) is 4.99 Å². The summed E-state index contributed by atoms with van der Waals surface area (Å²) < 4.78 is 37.3. The van der Waals surface area contributed by atoms with Crippen LogP contribution in [-0.4, -0.2) is 68.3 Å². The predicted octanol–water partition coefficient (Wildman–Crippen LogP) is 2.25. The number of guanidine groups is 1. The smallest absolute Gasteiger partial charge is 0.356 e. The van der Waals surface area contributed by atoms with E-state index in [0.717, 1.165) is 12.8 Å². The Kier molecular flexibility index (Phi) is 10.7. The Labute approximate surface area is 176 Å². The minimum atomic E-state index is -4.17. The molecule has 27 heavy (non-hydrogen) atoms. The zero-order valence-corrected chi connectivity index (χ0v) is 18.1. The van der Waals surface area contributed by atoms with Gasteiger partial charge >= 0.3 is 6.18 Å². The maximum atomic E-state index is 12.4. The highest BCUT2D eigenvalue weighted by Crippen LogP contribution is 2.20. The molecule has 2 aliphatic rings. The first kappa shape index (κ1) is 24.3. The van der Waals surface area contributed by atoms with Crippen LogP contribution in [0.2, 0.25) is 0 Å². The maximum absolute atomic E-state index is 12.4. The van der Waals surface area contributed by atoms with Gasteiger partial charge in [-0.1, -0.05) is 19.3 Å². The second-order valence-corrected chi connectivity index (χ2v) is 7.13. The molecule has 1 heterocycles. The Morgan fingerprint density at radius 1 is 1.11 bits per heavy atom. The maximum Gasteiger partial charge on any atom is 0.401 e. The molecule has 0 radical (unpaired) electrons. The number of carbonyl (C=O) groups is 1. The van der Waals surface area contributed by atoms with Crippen molar-refractivity contribution in [2.75, 3.05) is 33.2 Å². The lowest BCUT2D eigenvalue weighted by Crippen LogP contribution is -2.46. The van der Waals surface area contributed by atoms with Gasteiger partial charge in [0.05, 0.1) is 6.54 Å². The first-order valence-electron chi connectivity index (χ1n) is 9.41. The fourth-order valence-electron chi connectivity index (χ4n) is 3.58. The fraction of sp³-hybridized carbons (Fsp3) is 0.882. The van der Waals surface area contributed by atoms with Crippen molar-refractivity contribution in [3.63, 3.8) is 0 Å². The monoisotopic (exact) mass is 505 g/mol. The summed E-state index contributed by atoms with van der Waals surface area (Å²) in [6, 6.07) is 0.228. The number of nitrogens with zero attached hydrogens (tertiary/aromatic N) is 2. The number of hydrogen-bond donors (Lipinski definition) is 3. The number of alkyl halides is 3. The van der Waals surface area contributed by atoms with E-state index in [1.54, 1.807) is 7.05 Å². The molecular weight excluding hydrogens is 474 g/mol. The molecule has 158 valence electrons. The van der Waals surface area contributed by atoms with E-state index in [0.29, 0.717) is 44.5 Å². The van der Waals surface area contributed by atoms with Crippen molar-refractivity contribution >= 4 is 35.8 Å². The molecule has 2 fully saturated rings. The van der Waals surface area contributed by atoms with Crippen LogP contribution in [0.25, 0.3) is 0 Å². The molecule has 1 saturated heterocycles. The third kappa shape index (κ3) is 9.82. The molecule has 0 bridgehead atoms. The first-order valence-corrected chi connectivity index (χ1v) is 9.41. The molecule has 1 amide bonds. The number of rotatable bonds is 6. The van der Waals surface area contributed by atoms with Gasteiger partial charge in [0.2, 0.25) is 5.91 Å². The number of hydrogen-bond acceptors (Lipinski definition) is 3. The molecule has 0 aromatic carbocycles. The summed E-state index contributed by atoms with van der Waals surface area (Å²) >= 11 is 0. The lowest BCUT2D eigenvalue weighted by Gasteiger charge is -2.23. The molecule has 6 nitrogen and oxygen atoms in total. The van der Waals surface area contributed by atoms with Gasteiger partial charge in [0.15, 0.2) is 5.96 Å². The molecule has 1 aliphatic carbocycles. The van der Waals surface area contributed by atoms with Gasteiger partial charge in [-0.25, -0.2) is 0 Å². The van der Waals surface area contributed by atoms with Crippen LogP contribution in [0.1, 0.15) is 44.9 Å². The van der Waals surface area contributed by atoms with Crippen LogP contribution in [0.5, 0.6) is 0 Å². The number of carbonyl (C=O) groups excluding carboxylic acids is 1. The average Bonchev–Trinajstić information content (AvgIpc) is 2.99. The van der Waals surface area contributed by atoms with Gasteiger partial charge in [0.1, 0.15) is 0 Å². The lowest BCUT2D eigenvalue weighted by atomic mass is 9.95. The van der Waals surface area contributed by atoms with E-state index in [-0.39, 0.29) is 35.9 Å². The van der Waals surface area contributed by atoms with Crippen molar-refractivity contribution in [3.05, 3.63) is 0 Å². The number of aliphatic imine (C=N–C) groups is 1. The molecule has 0 aromatic rings. The summed E-state index contributed by atoms with van der Waals surface area (Å²) in [6.07, 6.45) is 2.52. The highest BCUT2D eigenvalue weighted by molar-refractivity contribution is 14.0. The predicted molar refractivity (Wildman–Crippen MR) is 110 cm³/mol. The molecule has 10 heteroatoms. The number of halogens is 4. The summed E-state index contributed by atoms with van der Waals surface area (Å²) in [5, 5.41) is 9.26. The van der Waals surface area contributed by atoms with Crippen molar-refractivity contribution in [2.45, 2.75) is 63.2 Å². The largest absolute Gasteiger partial charge is 0.401 e. The van der Waals surface area contributed by atoms with Gasteiger partial charge in [-0.2, -0.15) is 13.2 Å². The second kappa shape index (κ2) is 11.9. The van der Waals surface area contributed by atoms with Crippen molar-refractivity contribution < 1.29 is 18.0 Å². The quantitative estimate of drug-likeness (QED) is 0.295. The van der Waals surface area contributed by atoms with Crippen molar-refractivity contribution in [2.24, 2.45) is 4.99 Å². The van der Waals surface area contributed by atoms with E-state index < -0.39 is 12.7 Å². The van der Waals surface area contributed by atoms with Crippen LogP contribution in [-0.2, 0) is 4.79 Å². The van der Waals surface area contributed by atoms with Crippen molar-refractivity contribution in [1.29, 1.82) is 0 Å². The lowest BCUT2D eigenvalue weighted by molar-refractivity contribution is -0.143. The van der Waals surface area contributed by atoms with E-state index in [4.69, 9.17) is 0 Å². The van der Waals surface area contributed by atoms with E-state index in [9.17, 15) is 18.0 Å². The van der Waals surface area contributed by atoms with Gasteiger partial charge in [-0.3, -0.25) is 14.7 Å². The zero-order chi connectivity index (χ0) is 19.0. The van der Waals surface area contributed by atoms with Crippen molar-refractivity contribution in [3.8, 4) is 0 Å². The minimum absolute atomic E-state index is 0. The van der Waals surface area contributed by atoms with Crippen LogP contribution in [0.4, 0.5) is 13.2 Å². The molecule has 0 aromatic heterocycles. The molecule has 1 saturated carbocycles. The zero-order valence-electron chi connectivity index (χ0n) is 15.8. The van der Waals surface area contributed by atoms with Gasteiger partial charge < -0.3 is 16.0 Å². The third-order valence-electron chi connectivity index (χ3n) is 4.85. The molecule has 2 rings (SSSR count). The van der Waals surface area contributed by atoms with Gasteiger partial charge in [-0.05, 0) is 19.3 Å². The number of likely N-dealkylation sites (tertiary alicyclic amines) is 1. The Morgan fingerprint density at radius 3 is 2.44 bits per heavy atom. The molecular formula is C17H31F3IN5O. The highest BCUT2D eigenvalue weighted by atomic mass is 127. The first-order chi connectivity index (χ1) is 12.4. The Hall–Kier alpha value is -0.780. The van der Waals surface area contributed by atoms with Gasteiger partial charge in [0, 0.05) is 45.2 Å². The summed E-state index contributed by atoms with van der Waals surface area (Å²) in [5.74, 6) is 0.548. The van der Waals surface area contributed by atoms with E-state index in [2.05, 4.69) is 20.9 Å². The molecule has 1 unspecified atom stereocenters. The topological polar surface area (TPSA) is 68.8 Å². The number of amides is 1. The van der Waals surface area contributed by atoms with Crippen LogP contribution in [0.3, 0.4) is 0 Å². The highest BCUT2D eigenvalue weighted by Gasteiger charge is 2.34. The Morgan fingerprint density at radius 2 is 1.81 bits per heavy atom. The SMILES string of the molecule is CN=C(NCCC(=O)NC1CCCCC1)NC1CCN(CC(F)(F)F)C1.I. The molecule has 0 spiro atoms. The summed E-state index contributed by atoms with van der Waals surface area (Å²) in [7, 11) is 1.61. The summed E-state index contributed by atoms with van der Waals surface area (Å²) in [6.45, 7) is 0.316. The second-order valence-electron chi connectivity index (χ2n) is 7.13. The summed E-state index contributed by atoms with van der Waals surface area (Å²) in [4.78, 5) is 17.5. The van der Waals surface area contributed by atoms with Crippen molar-refractivity contribution in [1.82, 2.24) is 20.9 Å². The third-order valence-corrected chi connectivity index (χ3v) is 4.85. The Bertz CT molecular complexity index is 484. The average molecular weight is 505 g/mol. The van der Waals surface area contributed by atoms with Gasteiger partial charge in [-0.15, -0.1) is 24.0 Å². The van der Waals surface area contributed by atoms with E-state index in [1.807, 2.05) is 0 Å². The number of nitrogens with one attached hydrogen (secondary N) is 3. The molecule has 1 aliphatic heterocycles. The Balaban J connectivity index is 0.00000364. The minimum Gasteiger partial charge on any atom is -0.356 e. The van der Waals surface area contributed by atoms with E-state index in [1.165, 1.54) is 24.2 Å².